The quantitative estimate of drug-likeness (QED) is 0.503. The molecule has 0 unspecified atom stereocenters. The fraction of sp³-hybridized carbons (Fsp3) is 0.0870. The van der Waals surface area contributed by atoms with Crippen molar-refractivity contribution in [1.29, 1.82) is 0 Å². The summed E-state index contributed by atoms with van der Waals surface area (Å²) < 4.78 is 0. The number of phenolic OH excluding ortho intramolecular Hbond substituents is 1. The number of carbonyl (C=O) groups excluding carboxylic acids is 1. The highest BCUT2D eigenvalue weighted by molar-refractivity contribution is 5.97. The summed E-state index contributed by atoms with van der Waals surface area (Å²) in [6.45, 7) is 0.647. The molecule has 29 heavy (non-hydrogen) atoms. The standard InChI is InChI=1S/C23H18N4O2/c28-17-7-5-15(6-8-17)14-1-3-16(4-2-14)22-24-11-10-20(27-22)21-13-18-19(26-21)9-12-25-23(18)29/h1-8,10-11,13,26,28H,9,12H2,(H,25,29). The molecule has 5 rings (SSSR count). The van der Waals surface area contributed by atoms with Crippen LogP contribution in [-0.2, 0) is 6.42 Å². The molecule has 0 spiro atoms. The summed E-state index contributed by atoms with van der Waals surface area (Å²) in [4.78, 5) is 24.4. The second-order valence-electron chi connectivity index (χ2n) is 6.97. The van der Waals surface area contributed by atoms with Crippen molar-refractivity contribution in [2.24, 2.45) is 0 Å². The lowest BCUT2D eigenvalue weighted by atomic mass is 10.0. The van der Waals surface area contributed by atoms with Gasteiger partial charge in [0, 0.05) is 30.4 Å². The lowest BCUT2D eigenvalue weighted by Gasteiger charge is -2.10. The van der Waals surface area contributed by atoms with Crippen molar-refractivity contribution in [2.45, 2.75) is 6.42 Å². The lowest BCUT2D eigenvalue weighted by molar-refractivity contribution is 0.0946. The number of amides is 1. The van der Waals surface area contributed by atoms with Gasteiger partial charge in [0.15, 0.2) is 5.82 Å². The van der Waals surface area contributed by atoms with Gasteiger partial charge in [0.05, 0.1) is 17.0 Å². The number of phenols is 1. The molecule has 6 nitrogen and oxygen atoms in total. The van der Waals surface area contributed by atoms with Crippen LogP contribution in [-0.4, -0.2) is 32.5 Å². The predicted molar refractivity (Wildman–Crippen MR) is 110 cm³/mol. The zero-order chi connectivity index (χ0) is 19.8. The van der Waals surface area contributed by atoms with Gasteiger partial charge < -0.3 is 15.4 Å². The van der Waals surface area contributed by atoms with Crippen LogP contribution in [0.2, 0.25) is 0 Å². The van der Waals surface area contributed by atoms with E-state index in [2.05, 4.69) is 20.3 Å². The summed E-state index contributed by atoms with van der Waals surface area (Å²) in [7, 11) is 0. The van der Waals surface area contributed by atoms with E-state index >= 15 is 0 Å². The summed E-state index contributed by atoms with van der Waals surface area (Å²) in [5.74, 6) is 0.823. The van der Waals surface area contributed by atoms with Crippen molar-refractivity contribution < 1.29 is 9.90 Å². The zero-order valence-electron chi connectivity index (χ0n) is 15.5. The Hall–Kier alpha value is -3.93. The van der Waals surface area contributed by atoms with Crippen LogP contribution in [0, 0.1) is 0 Å². The van der Waals surface area contributed by atoms with Gasteiger partial charge in [-0.1, -0.05) is 36.4 Å². The van der Waals surface area contributed by atoms with Crippen LogP contribution in [0.4, 0.5) is 0 Å². The van der Waals surface area contributed by atoms with E-state index in [0.29, 0.717) is 17.9 Å². The Balaban J connectivity index is 1.45. The van der Waals surface area contributed by atoms with Crippen molar-refractivity contribution in [3.63, 3.8) is 0 Å². The third-order valence-corrected chi connectivity index (χ3v) is 5.08. The van der Waals surface area contributed by atoms with E-state index in [0.717, 1.165) is 40.2 Å². The number of aromatic hydroxyl groups is 1. The average Bonchev–Trinajstić information content (AvgIpc) is 3.21. The Morgan fingerprint density at radius 1 is 0.897 bits per heavy atom. The third kappa shape index (κ3) is 3.25. The SMILES string of the molecule is O=C1NCCc2[nH]c(-c3ccnc(-c4ccc(-c5ccc(O)cc5)cc4)n3)cc21. The Labute approximate surface area is 167 Å². The van der Waals surface area contributed by atoms with Gasteiger partial charge in [-0.3, -0.25) is 4.79 Å². The summed E-state index contributed by atoms with van der Waals surface area (Å²) in [6.07, 6.45) is 2.52. The van der Waals surface area contributed by atoms with E-state index in [1.165, 1.54) is 0 Å². The van der Waals surface area contributed by atoms with Crippen LogP contribution in [0.5, 0.6) is 5.75 Å². The molecule has 2 aromatic carbocycles. The van der Waals surface area contributed by atoms with Gasteiger partial charge in [-0.25, -0.2) is 9.97 Å². The molecule has 0 radical (unpaired) electrons. The number of nitrogens with one attached hydrogen (secondary N) is 2. The van der Waals surface area contributed by atoms with Crippen molar-refractivity contribution in [3.8, 4) is 39.7 Å². The second-order valence-corrected chi connectivity index (χ2v) is 6.97. The van der Waals surface area contributed by atoms with E-state index in [-0.39, 0.29) is 11.7 Å². The number of carbonyl (C=O) groups is 1. The molecular weight excluding hydrogens is 364 g/mol. The molecule has 2 aromatic heterocycles. The molecule has 3 N–H and O–H groups in total. The summed E-state index contributed by atoms with van der Waals surface area (Å²) >= 11 is 0. The van der Waals surface area contributed by atoms with E-state index in [1.807, 2.05) is 48.5 Å². The number of nitrogens with zero attached hydrogens (tertiary/aromatic N) is 2. The first-order chi connectivity index (χ1) is 14.2. The van der Waals surface area contributed by atoms with Gasteiger partial charge in [0.2, 0.25) is 0 Å². The van der Waals surface area contributed by atoms with Crippen LogP contribution < -0.4 is 5.32 Å². The fourth-order valence-electron chi connectivity index (χ4n) is 3.54. The molecule has 0 atom stereocenters. The number of hydrogen-bond donors (Lipinski definition) is 3. The Morgan fingerprint density at radius 2 is 1.59 bits per heavy atom. The van der Waals surface area contributed by atoms with Crippen LogP contribution >= 0.6 is 0 Å². The van der Waals surface area contributed by atoms with Crippen LogP contribution in [0.1, 0.15) is 16.1 Å². The van der Waals surface area contributed by atoms with Gasteiger partial charge in [0.1, 0.15) is 5.75 Å². The van der Waals surface area contributed by atoms with Gasteiger partial charge in [-0.15, -0.1) is 0 Å². The largest absolute Gasteiger partial charge is 0.508 e. The molecule has 1 aliphatic heterocycles. The topological polar surface area (TPSA) is 90.9 Å². The van der Waals surface area contributed by atoms with Gasteiger partial charge in [0.25, 0.3) is 5.91 Å². The van der Waals surface area contributed by atoms with Gasteiger partial charge >= 0.3 is 0 Å². The van der Waals surface area contributed by atoms with Gasteiger partial charge in [-0.2, -0.15) is 0 Å². The molecule has 0 bridgehead atoms. The maximum Gasteiger partial charge on any atom is 0.253 e. The van der Waals surface area contributed by atoms with Gasteiger partial charge in [-0.05, 0) is 35.4 Å². The first-order valence-electron chi connectivity index (χ1n) is 9.41. The summed E-state index contributed by atoms with van der Waals surface area (Å²) in [6, 6.07) is 18.8. The molecule has 1 aliphatic rings. The first kappa shape index (κ1) is 17.2. The normalized spacial score (nSPS) is 13.0. The molecule has 6 heteroatoms. The Morgan fingerprint density at radius 3 is 2.31 bits per heavy atom. The second kappa shape index (κ2) is 6.91. The summed E-state index contributed by atoms with van der Waals surface area (Å²) in [5.41, 5.74) is 6.18. The number of rotatable bonds is 3. The smallest absolute Gasteiger partial charge is 0.253 e. The first-order valence-corrected chi connectivity index (χ1v) is 9.41. The van der Waals surface area contributed by atoms with E-state index < -0.39 is 0 Å². The molecule has 0 aliphatic carbocycles. The number of hydrogen-bond acceptors (Lipinski definition) is 4. The summed E-state index contributed by atoms with van der Waals surface area (Å²) in [5, 5.41) is 12.3. The van der Waals surface area contributed by atoms with Crippen LogP contribution in [0.15, 0.2) is 66.9 Å². The van der Waals surface area contributed by atoms with Crippen molar-refractivity contribution in [2.75, 3.05) is 6.54 Å². The van der Waals surface area contributed by atoms with Crippen LogP contribution in [0.3, 0.4) is 0 Å². The number of fused-ring (bicyclic) bond motifs is 1. The van der Waals surface area contributed by atoms with Crippen molar-refractivity contribution >= 4 is 5.91 Å². The van der Waals surface area contributed by atoms with Crippen molar-refractivity contribution in [3.05, 3.63) is 78.1 Å². The zero-order valence-corrected chi connectivity index (χ0v) is 15.5. The third-order valence-electron chi connectivity index (χ3n) is 5.08. The average molecular weight is 382 g/mol. The molecule has 1 amide bonds. The van der Waals surface area contributed by atoms with Crippen LogP contribution in [0.25, 0.3) is 33.9 Å². The monoisotopic (exact) mass is 382 g/mol. The minimum absolute atomic E-state index is 0.0483. The highest BCUT2D eigenvalue weighted by atomic mass is 16.3. The fourth-order valence-corrected chi connectivity index (χ4v) is 3.54. The van der Waals surface area contributed by atoms with E-state index in [1.54, 1.807) is 18.3 Å². The maximum atomic E-state index is 12.0. The number of H-pyrrole nitrogens is 1. The predicted octanol–water partition coefficient (Wildman–Crippen LogP) is 3.80. The Kier molecular flexibility index (Phi) is 4.09. The molecule has 3 heterocycles. The highest BCUT2D eigenvalue weighted by Crippen LogP contribution is 2.27. The molecule has 4 aromatic rings. The highest BCUT2D eigenvalue weighted by Gasteiger charge is 2.20. The van der Waals surface area contributed by atoms with E-state index in [9.17, 15) is 9.90 Å². The molecule has 0 saturated heterocycles. The number of aromatic nitrogens is 3. The lowest BCUT2D eigenvalue weighted by Crippen LogP contribution is -2.31. The number of benzene rings is 2. The molecular formula is C23H18N4O2. The van der Waals surface area contributed by atoms with E-state index in [4.69, 9.17) is 0 Å². The van der Waals surface area contributed by atoms with Crippen molar-refractivity contribution in [1.82, 2.24) is 20.3 Å². The minimum atomic E-state index is -0.0483. The molecule has 142 valence electrons. The molecule has 0 saturated carbocycles. The maximum absolute atomic E-state index is 12.0. The molecule has 0 fully saturated rings. The minimum Gasteiger partial charge on any atom is -0.508 e. The number of aromatic amines is 1. The Bertz CT molecular complexity index is 1190.